The molecule has 1 aromatic carbocycles. The van der Waals surface area contributed by atoms with Gasteiger partial charge in [-0.15, -0.1) is 0 Å². The number of carbonyl (C=O) groups excluding carboxylic acids is 1. The number of anilines is 2. The first-order chi connectivity index (χ1) is 9.10. The second-order valence-corrected chi connectivity index (χ2v) is 3.51. The van der Waals surface area contributed by atoms with Gasteiger partial charge in [0.25, 0.3) is 5.91 Å². The number of hydrogen-bond donors (Lipinski definition) is 3. The zero-order valence-electron chi connectivity index (χ0n) is 9.52. The Morgan fingerprint density at radius 3 is 2.53 bits per heavy atom. The zero-order chi connectivity index (χ0) is 13.8. The van der Waals surface area contributed by atoms with E-state index in [0.717, 1.165) is 12.1 Å². The standard InChI is InChI=1S/C11H9F2N5O/c12-7-2-1-6(3-8(7)13)17-11(19)9-4-16-10(18-14)5-15-9/h1-5H,14H2,(H,16,18)(H,17,19). The molecule has 0 fully saturated rings. The predicted molar refractivity (Wildman–Crippen MR) is 64.2 cm³/mol. The van der Waals surface area contributed by atoms with Gasteiger partial charge in [0.05, 0.1) is 12.4 Å². The first kappa shape index (κ1) is 12.8. The van der Waals surface area contributed by atoms with Crippen molar-refractivity contribution in [2.75, 3.05) is 10.7 Å². The largest absolute Gasteiger partial charge is 0.320 e. The summed E-state index contributed by atoms with van der Waals surface area (Å²) in [6.07, 6.45) is 2.46. The molecule has 19 heavy (non-hydrogen) atoms. The first-order valence-corrected chi connectivity index (χ1v) is 5.15. The molecule has 6 nitrogen and oxygen atoms in total. The van der Waals surface area contributed by atoms with Crippen molar-refractivity contribution in [3.63, 3.8) is 0 Å². The lowest BCUT2D eigenvalue weighted by Crippen LogP contribution is -2.15. The zero-order valence-corrected chi connectivity index (χ0v) is 9.52. The van der Waals surface area contributed by atoms with Gasteiger partial charge in [0.15, 0.2) is 17.5 Å². The van der Waals surface area contributed by atoms with E-state index >= 15 is 0 Å². The van der Waals surface area contributed by atoms with Gasteiger partial charge in [0.1, 0.15) is 5.69 Å². The van der Waals surface area contributed by atoms with E-state index in [4.69, 9.17) is 5.84 Å². The van der Waals surface area contributed by atoms with Crippen LogP contribution in [-0.2, 0) is 0 Å². The summed E-state index contributed by atoms with van der Waals surface area (Å²) < 4.78 is 25.7. The lowest BCUT2D eigenvalue weighted by Gasteiger charge is -2.05. The molecule has 0 radical (unpaired) electrons. The van der Waals surface area contributed by atoms with Crippen LogP contribution in [0.4, 0.5) is 20.3 Å². The van der Waals surface area contributed by atoms with E-state index in [0.29, 0.717) is 5.82 Å². The number of carbonyl (C=O) groups is 1. The van der Waals surface area contributed by atoms with Crippen LogP contribution < -0.4 is 16.6 Å². The average molecular weight is 265 g/mol. The van der Waals surface area contributed by atoms with Gasteiger partial charge in [0.2, 0.25) is 0 Å². The maximum absolute atomic E-state index is 13.0. The summed E-state index contributed by atoms with van der Waals surface area (Å²) in [6.45, 7) is 0. The number of aromatic nitrogens is 2. The topological polar surface area (TPSA) is 92.9 Å². The Kier molecular flexibility index (Phi) is 3.62. The third-order valence-corrected chi connectivity index (χ3v) is 2.21. The van der Waals surface area contributed by atoms with Gasteiger partial charge in [-0.05, 0) is 12.1 Å². The smallest absolute Gasteiger partial charge is 0.275 e. The van der Waals surface area contributed by atoms with E-state index in [1.165, 1.54) is 18.5 Å². The van der Waals surface area contributed by atoms with Crippen LogP contribution in [0.3, 0.4) is 0 Å². The van der Waals surface area contributed by atoms with E-state index < -0.39 is 17.5 Å². The van der Waals surface area contributed by atoms with E-state index in [1.807, 2.05) is 0 Å². The number of amides is 1. The number of hydrazine groups is 1. The molecule has 2 aromatic rings. The first-order valence-electron chi connectivity index (χ1n) is 5.15. The molecule has 0 unspecified atom stereocenters. The SMILES string of the molecule is NNc1cnc(C(=O)Nc2ccc(F)c(F)c2)cn1. The minimum atomic E-state index is -1.05. The molecular formula is C11H9F2N5O. The number of hydrogen-bond acceptors (Lipinski definition) is 5. The van der Waals surface area contributed by atoms with Crippen LogP contribution >= 0.6 is 0 Å². The fourth-order valence-electron chi connectivity index (χ4n) is 1.29. The highest BCUT2D eigenvalue weighted by molar-refractivity contribution is 6.02. The molecule has 0 aliphatic rings. The van der Waals surface area contributed by atoms with Crippen molar-refractivity contribution < 1.29 is 13.6 Å². The Morgan fingerprint density at radius 1 is 1.16 bits per heavy atom. The van der Waals surface area contributed by atoms with Crippen LogP contribution in [-0.4, -0.2) is 15.9 Å². The van der Waals surface area contributed by atoms with Gasteiger partial charge in [-0.2, -0.15) is 0 Å². The average Bonchev–Trinajstić information content (AvgIpc) is 2.43. The van der Waals surface area contributed by atoms with Gasteiger partial charge < -0.3 is 10.7 Å². The van der Waals surface area contributed by atoms with E-state index in [-0.39, 0.29) is 11.4 Å². The molecule has 4 N–H and O–H groups in total. The molecule has 0 aliphatic carbocycles. The van der Waals surface area contributed by atoms with Gasteiger partial charge >= 0.3 is 0 Å². The van der Waals surface area contributed by atoms with Crippen LogP contribution in [0, 0.1) is 11.6 Å². The van der Waals surface area contributed by atoms with Gasteiger partial charge in [-0.3, -0.25) is 4.79 Å². The molecule has 1 aromatic heterocycles. The Hall–Kier alpha value is -2.61. The monoisotopic (exact) mass is 265 g/mol. The van der Waals surface area contributed by atoms with Crippen LogP contribution in [0.2, 0.25) is 0 Å². The number of nitrogen functional groups attached to an aromatic ring is 1. The second kappa shape index (κ2) is 5.36. The minimum absolute atomic E-state index is 0.0173. The maximum atomic E-state index is 13.0. The summed E-state index contributed by atoms with van der Waals surface area (Å²) in [5, 5.41) is 2.36. The van der Waals surface area contributed by atoms with E-state index in [2.05, 4.69) is 20.7 Å². The summed E-state index contributed by atoms with van der Waals surface area (Å²) in [5.41, 5.74) is 2.39. The van der Waals surface area contributed by atoms with Crippen molar-refractivity contribution in [1.82, 2.24) is 9.97 Å². The fourth-order valence-corrected chi connectivity index (χ4v) is 1.29. The minimum Gasteiger partial charge on any atom is -0.320 e. The number of nitrogens with one attached hydrogen (secondary N) is 2. The third kappa shape index (κ3) is 2.99. The molecule has 0 aliphatic heterocycles. The van der Waals surface area contributed by atoms with Crippen molar-refractivity contribution in [1.29, 1.82) is 0 Å². The summed E-state index contributed by atoms with van der Waals surface area (Å²) in [5.74, 6) is 2.76. The highest BCUT2D eigenvalue weighted by Gasteiger charge is 2.10. The molecule has 8 heteroatoms. The molecule has 0 saturated heterocycles. The van der Waals surface area contributed by atoms with Crippen molar-refractivity contribution in [2.24, 2.45) is 5.84 Å². The molecule has 0 saturated carbocycles. The third-order valence-electron chi connectivity index (χ3n) is 2.21. The molecule has 0 atom stereocenters. The van der Waals surface area contributed by atoms with Crippen LogP contribution in [0.5, 0.6) is 0 Å². The summed E-state index contributed by atoms with van der Waals surface area (Å²) in [7, 11) is 0. The van der Waals surface area contributed by atoms with Gasteiger partial charge in [0, 0.05) is 11.8 Å². The Bertz CT molecular complexity index is 603. The van der Waals surface area contributed by atoms with Crippen LogP contribution in [0.1, 0.15) is 10.5 Å². The summed E-state index contributed by atoms with van der Waals surface area (Å²) >= 11 is 0. The van der Waals surface area contributed by atoms with E-state index in [9.17, 15) is 13.6 Å². The van der Waals surface area contributed by atoms with Gasteiger partial charge in [-0.25, -0.2) is 24.6 Å². The summed E-state index contributed by atoms with van der Waals surface area (Å²) in [4.78, 5) is 19.3. The van der Waals surface area contributed by atoms with E-state index in [1.54, 1.807) is 0 Å². The number of halogens is 2. The van der Waals surface area contributed by atoms with Crippen molar-refractivity contribution >= 4 is 17.4 Å². The number of nitrogens with zero attached hydrogens (tertiary/aromatic N) is 2. The van der Waals surface area contributed by atoms with Crippen molar-refractivity contribution in [3.05, 3.63) is 47.9 Å². The molecule has 0 spiro atoms. The Balaban J connectivity index is 2.13. The molecule has 1 heterocycles. The molecular weight excluding hydrogens is 256 g/mol. The maximum Gasteiger partial charge on any atom is 0.275 e. The second-order valence-electron chi connectivity index (χ2n) is 3.51. The normalized spacial score (nSPS) is 10.1. The Morgan fingerprint density at radius 2 is 1.95 bits per heavy atom. The van der Waals surface area contributed by atoms with Crippen LogP contribution in [0.15, 0.2) is 30.6 Å². The van der Waals surface area contributed by atoms with Crippen LogP contribution in [0.25, 0.3) is 0 Å². The molecule has 1 amide bonds. The lowest BCUT2D eigenvalue weighted by molar-refractivity contribution is 0.102. The number of rotatable bonds is 3. The number of benzene rings is 1. The molecule has 98 valence electrons. The Labute approximate surface area is 106 Å². The molecule has 0 bridgehead atoms. The highest BCUT2D eigenvalue weighted by Crippen LogP contribution is 2.13. The number of nitrogens with two attached hydrogens (primary N) is 1. The van der Waals surface area contributed by atoms with Crippen molar-refractivity contribution in [3.8, 4) is 0 Å². The quantitative estimate of drug-likeness (QED) is 0.574. The lowest BCUT2D eigenvalue weighted by atomic mass is 10.3. The van der Waals surface area contributed by atoms with Gasteiger partial charge in [-0.1, -0.05) is 0 Å². The fraction of sp³-hybridized carbons (Fsp3) is 0. The van der Waals surface area contributed by atoms with Crippen molar-refractivity contribution in [2.45, 2.75) is 0 Å². The highest BCUT2D eigenvalue weighted by atomic mass is 19.2. The predicted octanol–water partition coefficient (Wildman–Crippen LogP) is 1.29. The molecule has 2 rings (SSSR count). The summed E-state index contributed by atoms with van der Waals surface area (Å²) in [6, 6.07) is 3.02.